The minimum atomic E-state index is -1.06. The van der Waals surface area contributed by atoms with E-state index in [1.807, 2.05) is 30.3 Å². The quantitative estimate of drug-likeness (QED) is 0.907. The number of carboxylic acids is 1. The standard InChI is InChI=1S/C14H17NO5/c16-13(17)12-9-15(7-4-8-19-12)14(18)20-10-11-5-2-1-3-6-11/h1-3,5-6,12H,4,7-10H2,(H,16,17)/t12-/m0/s1. The SMILES string of the molecule is O=C(O)[C@@H]1CN(C(=O)OCc2ccccc2)CCCO1. The van der Waals surface area contributed by atoms with E-state index in [2.05, 4.69) is 0 Å². The van der Waals surface area contributed by atoms with E-state index in [0.29, 0.717) is 19.6 Å². The van der Waals surface area contributed by atoms with Gasteiger partial charge in [0.1, 0.15) is 6.61 Å². The Morgan fingerprint density at radius 3 is 2.80 bits per heavy atom. The molecule has 0 spiro atoms. The number of carbonyl (C=O) groups is 2. The van der Waals surface area contributed by atoms with Gasteiger partial charge in [-0.2, -0.15) is 0 Å². The number of ether oxygens (including phenoxy) is 2. The zero-order chi connectivity index (χ0) is 14.4. The van der Waals surface area contributed by atoms with Gasteiger partial charge in [0.25, 0.3) is 0 Å². The molecule has 1 fully saturated rings. The molecule has 1 amide bonds. The van der Waals surface area contributed by atoms with Crippen molar-refractivity contribution >= 4 is 12.1 Å². The topological polar surface area (TPSA) is 76.1 Å². The number of hydrogen-bond donors (Lipinski definition) is 1. The molecule has 1 aromatic rings. The predicted octanol–water partition coefficient (Wildman–Crippen LogP) is 1.50. The molecule has 0 aliphatic carbocycles. The lowest BCUT2D eigenvalue weighted by molar-refractivity contribution is -0.150. The summed E-state index contributed by atoms with van der Waals surface area (Å²) in [6, 6.07) is 9.33. The van der Waals surface area contributed by atoms with Crippen molar-refractivity contribution in [2.24, 2.45) is 0 Å². The fraction of sp³-hybridized carbons (Fsp3) is 0.429. The summed E-state index contributed by atoms with van der Waals surface area (Å²) < 4.78 is 10.3. The molecule has 1 atom stereocenters. The number of carboxylic acid groups (broad SMARTS) is 1. The van der Waals surface area contributed by atoms with E-state index >= 15 is 0 Å². The number of amides is 1. The average molecular weight is 279 g/mol. The molecule has 1 aliphatic rings. The van der Waals surface area contributed by atoms with Crippen molar-refractivity contribution in [3.05, 3.63) is 35.9 Å². The lowest BCUT2D eigenvalue weighted by Gasteiger charge is -2.21. The Kier molecular flexibility index (Phi) is 4.95. The Morgan fingerprint density at radius 2 is 2.10 bits per heavy atom. The fourth-order valence-electron chi connectivity index (χ4n) is 1.95. The Balaban J connectivity index is 1.89. The molecule has 108 valence electrons. The Morgan fingerprint density at radius 1 is 1.35 bits per heavy atom. The van der Waals surface area contributed by atoms with Crippen molar-refractivity contribution in [3.63, 3.8) is 0 Å². The highest BCUT2D eigenvalue weighted by Gasteiger charge is 2.28. The number of rotatable bonds is 3. The second kappa shape index (κ2) is 6.91. The molecule has 0 unspecified atom stereocenters. The third kappa shape index (κ3) is 3.96. The first kappa shape index (κ1) is 14.3. The second-order valence-electron chi connectivity index (χ2n) is 4.54. The van der Waals surface area contributed by atoms with E-state index in [9.17, 15) is 9.59 Å². The van der Waals surface area contributed by atoms with Gasteiger partial charge >= 0.3 is 12.1 Å². The molecule has 1 heterocycles. The number of hydrogen-bond acceptors (Lipinski definition) is 4. The molecule has 0 aromatic heterocycles. The van der Waals surface area contributed by atoms with E-state index in [4.69, 9.17) is 14.6 Å². The highest BCUT2D eigenvalue weighted by atomic mass is 16.6. The predicted molar refractivity (Wildman–Crippen MR) is 70.2 cm³/mol. The van der Waals surface area contributed by atoms with Crippen molar-refractivity contribution in [2.45, 2.75) is 19.1 Å². The monoisotopic (exact) mass is 279 g/mol. The maximum absolute atomic E-state index is 11.9. The number of nitrogens with zero attached hydrogens (tertiary/aromatic N) is 1. The summed E-state index contributed by atoms with van der Waals surface area (Å²) in [5.41, 5.74) is 0.890. The van der Waals surface area contributed by atoms with Crippen molar-refractivity contribution in [1.82, 2.24) is 4.90 Å². The molecule has 20 heavy (non-hydrogen) atoms. The van der Waals surface area contributed by atoms with E-state index in [-0.39, 0.29) is 13.2 Å². The van der Waals surface area contributed by atoms with Crippen LogP contribution in [-0.2, 0) is 20.9 Å². The van der Waals surface area contributed by atoms with Crippen LogP contribution in [0.1, 0.15) is 12.0 Å². The zero-order valence-corrected chi connectivity index (χ0v) is 11.0. The van der Waals surface area contributed by atoms with Crippen LogP contribution in [0.3, 0.4) is 0 Å². The van der Waals surface area contributed by atoms with Crippen LogP contribution >= 0.6 is 0 Å². The molecule has 6 nitrogen and oxygen atoms in total. The summed E-state index contributed by atoms with van der Waals surface area (Å²) >= 11 is 0. The molecule has 1 saturated heterocycles. The Labute approximate surface area is 116 Å². The molecule has 1 N–H and O–H groups in total. The molecule has 0 saturated carbocycles. The molecule has 1 aromatic carbocycles. The second-order valence-corrected chi connectivity index (χ2v) is 4.54. The normalized spacial score (nSPS) is 19.2. The summed E-state index contributed by atoms with van der Waals surface area (Å²) in [4.78, 5) is 24.3. The highest BCUT2D eigenvalue weighted by Crippen LogP contribution is 2.09. The number of carbonyl (C=O) groups excluding carboxylic acids is 1. The third-order valence-corrected chi connectivity index (χ3v) is 3.02. The maximum atomic E-state index is 11.9. The van der Waals surface area contributed by atoms with Gasteiger partial charge in [-0.25, -0.2) is 9.59 Å². The van der Waals surface area contributed by atoms with Crippen LogP contribution in [0.5, 0.6) is 0 Å². The average Bonchev–Trinajstić information content (AvgIpc) is 2.72. The van der Waals surface area contributed by atoms with Gasteiger partial charge in [-0.05, 0) is 12.0 Å². The summed E-state index contributed by atoms with van der Waals surface area (Å²) in [6.45, 7) is 0.967. The van der Waals surface area contributed by atoms with Gasteiger partial charge in [-0.3, -0.25) is 0 Å². The van der Waals surface area contributed by atoms with E-state index < -0.39 is 18.2 Å². The van der Waals surface area contributed by atoms with Crippen molar-refractivity contribution < 1.29 is 24.2 Å². The van der Waals surface area contributed by atoms with Gasteiger partial charge in [0.2, 0.25) is 0 Å². The lowest BCUT2D eigenvalue weighted by Crippen LogP contribution is -2.40. The highest BCUT2D eigenvalue weighted by molar-refractivity contribution is 5.74. The fourth-order valence-corrected chi connectivity index (χ4v) is 1.95. The third-order valence-electron chi connectivity index (χ3n) is 3.02. The summed E-state index contributed by atoms with van der Waals surface area (Å²) in [5, 5.41) is 8.97. The largest absolute Gasteiger partial charge is 0.479 e. The Bertz CT molecular complexity index is 462. The number of aliphatic carboxylic acids is 1. The molecule has 1 aliphatic heterocycles. The van der Waals surface area contributed by atoms with E-state index in [0.717, 1.165) is 5.56 Å². The van der Waals surface area contributed by atoms with Crippen molar-refractivity contribution in [1.29, 1.82) is 0 Å². The van der Waals surface area contributed by atoms with Crippen LogP contribution in [0.25, 0.3) is 0 Å². The summed E-state index contributed by atoms with van der Waals surface area (Å²) in [6.07, 6.45) is -0.892. The first-order valence-corrected chi connectivity index (χ1v) is 6.47. The van der Waals surface area contributed by atoms with Crippen LogP contribution in [0.4, 0.5) is 4.79 Å². The van der Waals surface area contributed by atoms with Crippen LogP contribution < -0.4 is 0 Å². The lowest BCUT2D eigenvalue weighted by atomic mass is 10.2. The molecule has 6 heteroatoms. The minimum Gasteiger partial charge on any atom is -0.479 e. The van der Waals surface area contributed by atoms with Gasteiger partial charge in [0.15, 0.2) is 6.10 Å². The van der Waals surface area contributed by atoms with Gasteiger partial charge in [0, 0.05) is 13.2 Å². The van der Waals surface area contributed by atoms with Gasteiger partial charge < -0.3 is 19.5 Å². The first-order valence-electron chi connectivity index (χ1n) is 6.47. The molecular formula is C14H17NO5. The zero-order valence-electron chi connectivity index (χ0n) is 11.0. The molecule has 0 bridgehead atoms. The minimum absolute atomic E-state index is 0.0168. The van der Waals surface area contributed by atoms with Gasteiger partial charge in [-0.15, -0.1) is 0 Å². The number of benzene rings is 1. The van der Waals surface area contributed by atoms with Crippen LogP contribution in [0.2, 0.25) is 0 Å². The summed E-state index contributed by atoms with van der Waals surface area (Å²) in [7, 11) is 0. The smallest absolute Gasteiger partial charge is 0.410 e. The van der Waals surface area contributed by atoms with Gasteiger partial charge in [-0.1, -0.05) is 30.3 Å². The molecule has 0 radical (unpaired) electrons. The first-order chi connectivity index (χ1) is 9.66. The van der Waals surface area contributed by atoms with Gasteiger partial charge in [0.05, 0.1) is 6.54 Å². The molecular weight excluding hydrogens is 262 g/mol. The summed E-state index contributed by atoms with van der Waals surface area (Å²) in [5.74, 6) is -1.06. The maximum Gasteiger partial charge on any atom is 0.410 e. The molecule has 2 rings (SSSR count). The van der Waals surface area contributed by atoms with Crippen molar-refractivity contribution in [3.8, 4) is 0 Å². The van der Waals surface area contributed by atoms with E-state index in [1.165, 1.54) is 4.90 Å². The van der Waals surface area contributed by atoms with Crippen LogP contribution in [-0.4, -0.2) is 47.9 Å². The van der Waals surface area contributed by atoms with Crippen molar-refractivity contribution in [2.75, 3.05) is 19.7 Å². The van der Waals surface area contributed by atoms with Crippen LogP contribution in [0, 0.1) is 0 Å². The van der Waals surface area contributed by atoms with E-state index in [1.54, 1.807) is 0 Å². The Hall–Kier alpha value is -2.08. The van der Waals surface area contributed by atoms with Crippen LogP contribution in [0.15, 0.2) is 30.3 Å².